The van der Waals surface area contributed by atoms with Crippen molar-refractivity contribution in [3.8, 4) is 5.75 Å². The van der Waals surface area contributed by atoms with E-state index in [0.29, 0.717) is 5.76 Å². The minimum atomic E-state index is -0.690. The van der Waals surface area contributed by atoms with E-state index in [-0.39, 0.29) is 11.5 Å². The topological polar surface area (TPSA) is 48.7 Å². The van der Waals surface area contributed by atoms with E-state index < -0.39 is 23.7 Å². The molecule has 1 atom stereocenters. The predicted molar refractivity (Wildman–Crippen MR) is 65.4 cm³/mol. The summed E-state index contributed by atoms with van der Waals surface area (Å²) in [5, 5.41) is 0. The van der Waals surface area contributed by atoms with Crippen LogP contribution in [0.5, 0.6) is 5.75 Å². The van der Waals surface area contributed by atoms with Gasteiger partial charge in [0, 0.05) is 6.07 Å². The lowest BCUT2D eigenvalue weighted by Gasteiger charge is -2.13. The maximum Gasteiger partial charge on any atom is 0.373 e. The number of esters is 1. The minimum Gasteiger partial charge on any atom is -0.480 e. The maximum atomic E-state index is 13.4. The van der Waals surface area contributed by atoms with Crippen LogP contribution in [-0.4, -0.2) is 13.1 Å². The number of carbonyl (C=O) groups excluding carboxylic acids is 1. The van der Waals surface area contributed by atoms with Crippen molar-refractivity contribution in [2.45, 2.75) is 13.0 Å². The summed E-state index contributed by atoms with van der Waals surface area (Å²) < 4.78 is 41.5. The Morgan fingerprint density at radius 2 is 2.00 bits per heavy atom. The van der Waals surface area contributed by atoms with Gasteiger partial charge in [-0.05, 0) is 31.2 Å². The first-order valence-corrected chi connectivity index (χ1v) is 5.81. The molecule has 2 rings (SSSR count). The number of methoxy groups -OCH3 is 1. The molecule has 0 saturated carbocycles. The zero-order valence-corrected chi connectivity index (χ0v) is 10.9. The van der Waals surface area contributed by atoms with Gasteiger partial charge < -0.3 is 13.9 Å². The van der Waals surface area contributed by atoms with E-state index in [1.54, 1.807) is 6.92 Å². The number of furan rings is 1. The van der Waals surface area contributed by atoms with E-state index >= 15 is 0 Å². The third-order valence-electron chi connectivity index (χ3n) is 2.61. The Bertz CT molecular complexity index is 621. The number of halogens is 2. The number of hydrogen-bond acceptors (Lipinski definition) is 4. The lowest BCUT2D eigenvalue weighted by molar-refractivity contribution is 0.0558. The lowest BCUT2D eigenvalue weighted by atomic mass is 10.3. The molecule has 0 aliphatic rings. The first-order valence-electron chi connectivity index (χ1n) is 5.81. The Kier molecular flexibility index (Phi) is 4.02. The lowest BCUT2D eigenvalue weighted by Crippen LogP contribution is -2.04. The van der Waals surface area contributed by atoms with Crippen LogP contribution in [0.2, 0.25) is 0 Å². The van der Waals surface area contributed by atoms with E-state index in [1.807, 2.05) is 0 Å². The van der Waals surface area contributed by atoms with Gasteiger partial charge in [0.2, 0.25) is 5.76 Å². The molecule has 0 N–H and O–H groups in total. The molecule has 106 valence electrons. The highest BCUT2D eigenvalue weighted by Gasteiger charge is 2.18. The largest absolute Gasteiger partial charge is 0.480 e. The second kappa shape index (κ2) is 5.73. The van der Waals surface area contributed by atoms with Crippen LogP contribution in [-0.2, 0) is 4.74 Å². The molecule has 0 aliphatic heterocycles. The highest BCUT2D eigenvalue weighted by molar-refractivity contribution is 5.86. The fourth-order valence-electron chi connectivity index (χ4n) is 1.60. The third kappa shape index (κ3) is 2.96. The second-order valence-electron chi connectivity index (χ2n) is 4.03. The summed E-state index contributed by atoms with van der Waals surface area (Å²) in [7, 11) is 1.23. The van der Waals surface area contributed by atoms with Crippen molar-refractivity contribution in [1.29, 1.82) is 0 Å². The molecule has 0 saturated heterocycles. The van der Waals surface area contributed by atoms with Crippen molar-refractivity contribution in [2.24, 2.45) is 0 Å². The molecule has 2 aromatic rings. The van der Waals surface area contributed by atoms with E-state index in [2.05, 4.69) is 4.74 Å². The minimum absolute atomic E-state index is 0.0117. The molecule has 0 spiro atoms. The fraction of sp³-hybridized carbons (Fsp3) is 0.214. The van der Waals surface area contributed by atoms with Gasteiger partial charge in [-0.2, -0.15) is 0 Å². The van der Waals surface area contributed by atoms with E-state index in [1.165, 1.54) is 19.2 Å². The molecule has 0 amide bonds. The van der Waals surface area contributed by atoms with Crippen molar-refractivity contribution >= 4 is 5.97 Å². The monoisotopic (exact) mass is 282 g/mol. The first kappa shape index (κ1) is 14.0. The Morgan fingerprint density at radius 3 is 2.70 bits per heavy atom. The van der Waals surface area contributed by atoms with Gasteiger partial charge in [0.1, 0.15) is 11.6 Å². The van der Waals surface area contributed by atoms with Gasteiger partial charge in [-0.1, -0.05) is 0 Å². The summed E-state index contributed by atoms with van der Waals surface area (Å²) in [5.74, 6) is -1.83. The highest BCUT2D eigenvalue weighted by Crippen LogP contribution is 2.26. The number of hydrogen-bond donors (Lipinski definition) is 0. The molecule has 4 nitrogen and oxygen atoms in total. The molecule has 1 unspecified atom stereocenters. The molecular formula is C14H12F2O4. The molecule has 1 aromatic carbocycles. The molecule has 1 aromatic heterocycles. The van der Waals surface area contributed by atoms with Gasteiger partial charge in [-0.15, -0.1) is 0 Å². The first-order chi connectivity index (χ1) is 9.51. The summed E-state index contributed by atoms with van der Waals surface area (Å²) in [6.07, 6.45) is -0.690. The van der Waals surface area contributed by atoms with Crippen LogP contribution in [0.25, 0.3) is 0 Å². The van der Waals surface area contributed by atoms with Gasteiger partial charge in [0.05, 0.1) is 7.11 Å². The van der Waals surface area contributed by atoms with Gasteiger partial charge in [0.15, 0.2) is 17.7 Å². The molecule has 0 aliphatic carbocycles. The van der Waals surface area contributed by atoms with Crippen LogP contribution in [0, 0.1) is 11.6 Å². The van der Waals surface area contributed by atoms with Crippen LogP contribution >= 0.6 is 0 Å². The fourth-order valence-corrected chi connectivity index (χ4v) is 1.60. The SMILES string of the molecule is COC(=O)c1ccc(C(C)Oc2cc(F)ccc2F)o1. The van der Waals surface area contributed by atoms with E-state index in [4.69, 9.17) is 9.15 Å². The summed E-state index contributed by atoms with van der Waals surface area (Å²) in [6, 6.07) is 5.83. The van der Waals surface area contributed by atoms with E-state index in [9.17, 15) is 13.6 Å². The molecule has 0 radical (unpaired) electrons. The van der Waals surface area contributed by atoms with Gasteiger partial charge in [0.25, 0.3) is 0 Å². The number of carbonyl (C=O) groups is 1. The Labute approximate surface area is 113 Å². The molecule has 20 heavy (non-hydrogen) atoms. The molecule has 0 bridgehead atoms. The number of benzene rings is 1. The van der Waals surface area contributed by atoms with Crippen LogP contribution in [0.15, 0.2) is 34.7 Å². The summed E-state index contributed by atoms with van der Waals surface area (Å²) in [5.41, 5.74) is 0. The zero-order valence-electron chi connectivity index (χ0n) is 10.9. The maximum absolute atomic E-state index is 13.4. The van der Waals surface area contributed by atoms with Crippen molar-refractivity contribution < 1.29 is 27.5 Å². The number of rotatable bonds is 4. The molecule has 0 fully saturated rings. The van der Waals surface area contributed by atoms with Crippen molar-refractivity contribution in [2.75, 3.05) is 7.11 Å². The average Bonchev–Trinajstić information content (AvgIpc) is 2.91. The molecule has 6 heteroatoms. The van der Waals surface area contributed by atoms with Gasteiger partial charge >= 0.3 is 5.97 Å². The Hall–Kier alpha value is -2.37. The molecular weight excluding hydrogens is 270 g/mol. The van der Waals surface area contributed by atoms with Gasteiger partial charge in [-0.25, -0.2) is 13.6 Å². The van der Waals surface area contributed by atoms with Crippen LogP contribution in [0.4, 0.5) is 8.78 Å². The number of ether oxygens (including phenoxy) is 2. The van der Waals surface area contributed by atoms with Crippen LogP contribution in [0.1, 0.15) is 29.3 Å². The summed E-state index contributed by atoms with van der Waals surface area (Å²) in [6.45, 7) is 1.59. The Morgan fingerprint density at radius 1 is 1.25 bits per heavy atom. The molecule has 1 heterocycles. The quantitative estimate of drug-likeness (QED) is 0.805. The van der Waals surface area contributed by atoms with Crippen molar-refractivity contribution in [1.82, 2.24) is 0 Å². The summed E-state index contributed by atoms with van der Waals surface area (Å²) >= 11 is 0. The Balaban J connectivity index is 2.15. The van der Waals surface area contributed by atoms with Crippen LogP contribution in [0.3, 0.4) is 0 Å². The van der Waals surface area contributed by atoms with Crippen LogP contribution < -0.4 is 4.74 Å². The van der Waals surface area contributed by atoms with Crippen molar-refractivity contribution in [3.63, 3.8) is 0 Å². The third-order valence-corrected chi connectivity index (χ3v) is 2.61. The highest BCUT2D eigenvalue weighted by atomic mass is 19.1. The summed E-state index contributed by atoms with van der Waals surface area (Å²) in [4.78, 5) is 11.2. The smallest absolute Gasteiger partial charge is 0.373 e. The average molecular weight is 282 g/mol. The normalized spacial score (nSPS) is 12.0. The van der Waals surface area contributed by atoms with E-state index in [0.717, 1.165) is 18.2 Å². The van der Waals surface area contributed by atoms with Gasteiger partial charge in [-0.3, -0.25) is 0 Å². The predicted octanol–water partition coefficient (Wildman–Crippen LogP) is 3.48. The standard InChI is InChI=1S/C14H12F2O4/c1-8(11-5-6-12(20-11)14(17)18-2)19-13-7-9(15)3-4-10(13)16/h3-8H,1-2H3. The second-order valence-corrected chi connectivity index (χ2v) is 4.03. The van der Waals surface area contributed by atoms with Crippen molar-refractivity contribution in [3.05, 3.63) is 53.5 Å². The zero-order chi connectivity index (χ0) is 14.7.